The fraction of sp³-hybridized carbons (Fsp3) is 0.250. The Bertz CT molecular complexity index is 1250. The van der Waals surface area contributed by atoms with Gasteiger partial charge in [-0.1, -0.05) is 18.2 Å². The lowest BCUT2D eigenvalue weighted by atomic mass is 10.0. The van der Waals surface area contributed by atoms with Gasteiger partial charge in [-0.25, -0.2) is 0 Å². The van der Waals surface area contributed by atoms with Crippen LogP contribution in [0.5, 0.6) is 11.5 Å². The quantitative estimate of drug-likeness (QED) is 0.487. The van der Waals surface area contributed by atoms with Crippen molar-refractivity contribution in [3.8, 4) is 11.5 Å². The van der Waals surface area contributed by atoms with E-state index in [0.717, 1.165) is 31.5 Å². The lowest BCUT2D eigenvalue weighted by molar-refractivity contribution is -0.118. The van der Waals surface area contributed by atoms with Crippen molar-refractivity contribution in [1.29, 1.82) is 0 Å². The molecule has 1 heterocycles. The average molecular weight is 488 g/mol. The highest BCUT2D eigenvalue weighted by Gasteiger charge is 2.24. The molecule has 36 heavy (non-hydrogen) atoms. The van der Waals surface area contributed by atoms with Crippen molar-refractivity contribution in [2.75, 3.05) is 37.4 Å². The third-order valence-corrected chi connectivity index (χ3v) is 5.97. The number of benzene rings is 3. The van der Waals surface area contributed by atoms with E-state index in [9.17, 15) is 14.4 Å². The zero-order valence-corrected chi connectivity index (χ0v) is 20.4. The summed E-state index contributed by atoms with van der Waals surface area (Å²) in [7, 11) is 1.56. The van der Waals surface area contributed by atoms with Gasteiger partial charge in [0.15, 0.2) is 6.61 Å². The van der Waals surface area contributed by atoms with E-state index in [2.05, 4.69) is 10.6 Å². The summed E-state index contributed by atoms with van der Waals surface area (Å²) < 4.78 is 10.7. The number of amides is 3. The highest BCUT2D eigenvalue weighted by molar-refractivity contribution is 6.09. The number of carbonyl (C=O) groups excluding carboxylic acids is 3. The largest absolute Gasteiger partial charge is 0.497 e. The van der Waals surface area contributed by atoms with Crippen molar-refractivity contribution in [1.82, 2.24) is 4.90 Å². The van der Waals surface area contributed by atoms with Crippen LogP contribution in [0.1, 0.15) is 39.1 Å². The van der Waals surface area contributed by atoms with Crippen LogP contribution < -0.4 is 20.1 Å². The number of methoxy groups -OCH3 is 1. The molecule has 3 amide bonds. The van der Waals surface area contributed by atoms with Crippen molar-refractivity contribution < 1.29 is 23.9 Å². The molecule has 0 spiro atoms. The molecule has 2 N–H and O–H groups in total. The minimum Gasteiger partial charge on any atom is -0.497 e. The first-order chi connectivity index (χ1) is 17.4. The summed E-state index contributed by atoms with van der Waals surface area (Å²) in [6.07, 6.45) is 1.99. The number of rotatable bonds is 8. The fourth-order valence-electron chi connectivity index (χ4n) is 4.08. The topological polar surface area (TPSA) is 97.0 Å². The van der Waals surface area contributed by atoms with Gasteiger partial charge < -0.3 is 25.0 Å². The van der Waals surface area contributed by atoms with Crippen LogP contribution in [0.3, 0.4) is 0 Å². The molecule has 186 valence electrons. The molecule has 1 aliphatic rings. The molecule has 0 aliphatic carbocycles. The van der Waals surface area contributed by atoms with E-state index < -0.39 is 0 Å². The summed E-state index contributed by atoms with van der Waals surface area (Å²) in [5.41, 5.74) is 2.85. The maximum Gasteiger partial charge on any atom is 0.262 e. The van der Waals surface area contributed by atoms with Crippen molar-refractivity contribution >= 4 is 29.1 Å². The van der Waals surface area contributed by atoms with Gasteiger partial charge in [0.05, 0.1) is 18.4 Å². The van der Waals surface area contributed by atoms with Gasteiger partial charge in [-0.15, -0.1) is 0 Å². The first-order valence-electron chi connectivity index (χ1n) is 11.8. The zero-order chi connectivity index (χ0) is 25.5. The van der Waals surface area contributed by atoms with Crippen LogP contribution >= 0.6 is 0 Å². The Kier molecular flexibility index (Phi) is 7.85. The molecule has 0 saturated carbocycles. The van der Waals surface area contributed by atoms with E-state index in [1.54, 1.807) is 61.7 Å². The highest BCUT2D eigenvalue weighted by atomic mass is 16.5. The zero-order valence-electron chi connectivity index (χ0n) is 20.4. The number of carbonyl (C=O) groups is 3. The van der Waals surface area contributed by atoms with E-state index in [1.165, 1.54) is 0 Å². The number of hydrogen-bond donors (Lipinski definition) is 2. The van der Waals surface area contributed by atoms with Gasteiger partial charge in [0, 0.05) is 30.4 Å². The van der Waals surface area contributed by atoms with E-state index in [-0.39, 0.29) is 24.3 Å². The smallest absolute Gasteiger partial charge is 0.262 e. The standard InChI is InChI=1S/C28H29N3O5/c1-19-7-5-10-24(26(19)28(34)31-15-3-4-16-31)30-27(33)20-11-13-22(14-12-20)36-18-25(32)29-21-8-6-9-23(17-21)35-2/h5-14,17H,3-4,15-16,18H2,1-2H3,(H,29,32)(H,30,33). The Morgan fingerprint density at radius 3 is 2.33 bits per heavy atom. The van der Waals surface area contributed by atoms with E-state index >= 15 is 0 Å². The lowest BCUT2D eigenvalue weighted by Gasteiger charge is -2.19. The van der Waals surface area contributed by atoms with Crippen LogP contribution in [0, 0.1) is 6.92 Å². The fourth-order valence-corrected chi connectivity index (χ4v) is 4.08. The van der Waals surface area contributed by atoms with Crippen LogP contribution in [0.4, 0.5) is 11.4 Å². The maximum absolute atomic E-state index is 13.0. The molecule has 0 radical (unpaired) electrons. The Morgan fingerprint density at radius 1 is 0.889 bits per heavy atom. The molecule has 8 heteroatoms. The van der Waals surface area contributed by atoms with Crippen LogP contribution in [0.25, 0.3) is 0 Å². The molecule has 0 bridgehead atoms. The molecular formula is C28H29N3O5. The second-order valence-electron chi connectivity index (χ2n) is 8.54. The summed E-state index contributed by atoms with van der Waals surface area (Å²) in [5.74, 6) is 0.378. The summed E-state index contributed by atoms with van der Waals surface area (Å²) >= 11 is 0. The normalized spacial score (nSPS) is 12.7. The molecule has 1 aliphatic heterocycles. The summed E-state index contributed by atoms with van der Waals surface area (Å²) in [4.78, 5) is 40.0. The van der Waals surface area contributed by atoms with E-state index in [4.69, 9.17) is 9.47 Å². The first kappa shape index (κ1) is 24.8. The van der Waals surface area contributed by atoms with Crippen molar-refractivity contribution in [3.05, 3.63) is 83.4 Å². The van der Waals surface area contributed by atoms with Crippen molar-refractivity contribution in [2.45, 2.75) is 19.8 Å². The minimum atomic E-state index is -0.335. The molecule has 3 aromatic carbocycles. The number of hydrogen-bond acceptors (Lipinski definition) is 5. The molecule has 0 aromatic heterocycles. The second kappa shape index (κ2) is 11.4. The SMILES string of the molecule is COc1cccc(NC(=O)COc2ccc(C(=O)Nc3cccc(C)c3C(=O)N3CCCC3)cc2)c1. The highest BCUT2D eigenvalue weighted by Crippen LogP contribution is 2.25. The van der Waals surface area contributed by atoms with Gasteiger partial charge in [-0.05, 0) is 67.8 Å². The number of likely N-dealkylation sites (tertiary alicyclic amines) is 1. The first-order valence-corrected chi connectivity index (χ1v) is 11.8. The molecule has 0 atom stereocenters. The third kappa shape index (κ3) is 6.02. The third-order valence-electron chi connectivity index (χ3n) is 5.97. The van der Waals surface area contributed by atoms with Gasteiger partial charge in [0.1, 0.15) is 11.5 Å². The molecule has 1 saturated heterocycles. The Morgan fingerprint density at radius 2 is 1.61 bits per heavy atom. The number of nitrogens with one attached hydrogen (secondary N) is 2. The minimum absolute atomic E-state index is 0.0585. The number of nitrogens with zero attached hydrogens (tertiary/aromatic N) is 1. The molecule has 3 aromatic rings. The number of anilines is 2. The lowest BCUT2D eigenvalue weighted by Crippen LogP contribution is -2.29. The molecule has 8 nitrogen and oxygen atoms in total. The second-order valence-corrected chi connectivity index (χ2v) is 8.54. The molecular weight excluding hydrogens is 458 g/mol. The average Bonchev–Trinajstić information content (AvgIpc) is 3.43. The summed E-state index contributed by atoms with van der Waals surface area (Å²) in [6, 6.07) is 18.9. The summed E-state index contributed by atoms with van der Waals surface area (Å²) in [6.45, 7) is 3.16. The van der Waals surface area contributed by atoms with Gasteiger partial charge in [0.25, 0.3) is 17.7 Å². The maximum atomic E-state index is 13.0. The van der Waals surface area contributed by atoms with E-state index in [0.29, 0.717) is 34.0 Å². The summed E-state index contributed by atoms with van der Waals surface area (Å²) in [5, 5.41) is 5.62. The van der Waals surface area contributed by atoms with Crippen molar-refractivity contribution in [2.24, 2.45) is 0 Å². The van der Waals surface area contributed by atoms with Gasteiger partial charge in [0.2, 0.25) is 0 Å². The molecule has 0 unspecified atom stereocenters. The van der Waals surface area contributed by atoms with E-state index in [1.807, 2.05) is 24.0 Å². The van der Waals surface area contributed by atoms with Crippen LogP contribution in [0.2, 0.25) is 0 Å². The molecule has 1 fully saturated rings. The van der Waals surface area contributed by atoms with Gasteiger partial charge in [-0.2, -0.15) is 0 Å². The predicted octanol–water partition coefficient (Wildman–Crippen LogP) is 4.51. The number of ether oxygens (including phenoxy) is 2. The van der Waals surface area contributed by atoms with Crippen LogP contribution in [-0.4, -0.2) is 49.4 Å². The van der Waals surface area contributed by atoms with Crippen molar-refractivity contribution in [3.63, 3.8) is 0 Å². The Hall–Kier alpha value is -4.33. The predicted molar refractivity (Wildman–Crippen MR) is 138 cm³/mol. The number of aryl methyl sites for hydroxylation is 1. The monoisotopic (exact) mass is 487 g/mol. The van der Waals surface area contributed by atoms with Crippen LogP contribution in [0.15, 0.2) is 66.7 Å². The molecule has 4 rings (SSSR count). The van der Waals surface area contributed by atoms with Crippen LogP contribution in [-0.2, 0) is 4.79 Å². The van der Waals surface area contributed by atoms with Gasteiger partial charge >= 0.3 is 0 Å². The Balaban J connectivity index is 1.36. The van der Waals surface area contributed by atoms with Gasteiger partial charge in [-0.3, -0.25) is 14.4 Å². The Labute approximate surface area is 210 Å².